The highest BCUT2D eigenvalue weighted by molar-refractivity contribution is 7.86. The summed E-state index contributed by atoms with van der Waals surface area (Å²) in [5.74, 6) is 0. The van der Waals surface area contributed by atoms with E-state index in [4.69, 9.17) is 27.4 Å². The van der Waals surface area contributed by atoms with Crippen molar-refractivity contribution in [2.45, 2.75) is 36.8 Å². The lowest BCUT2D eigenvalue weighted by atomic mass is 9.89. The van der Waals surface area contributed by atoms with Crippen LogP contribution >= 0.6 is 23.2 Å². The Morgan fingerprint density at radius 2 is 1.90 bits per heavy atom. The normalized spacial score (nSPS) is 13.9. The van der Waals surface area contributed by atoms with Gasteiger partial charge in [0.15, 0.2) is 0 Å². The number of halogens is 2. The van der Waals surface area contributed by atoms with E-state index in [0.717, 1.165) is 5.56 Å². The maximum absolute atomic E-state index is 12.3. The summed E-state index contributed by atoms with van der Waals surface area (Å²) < 4.78 is 31.3. The zero-order valence-corrected chi connectivity index (χ0v) is 18.5. The molecule has 1 heterocycles. The number of nitrogens with zero attached hydrogens (tertiary/aromatic N) is 3. The zero-order chi connectivity index (χ0) is 21.8. The monoisotopic (exact) mass is 469 g/mol. The second-order valence-corrected chi connectivity index (χ2v) is 9.40. The van der Waals surface area contributed by atoms with E-state index >= 15 is 0 Å². The molecule has 1 unspecified atom stereocenters. The Morgan fingerprint density at radius 3 is 2.53 bits per heavy atom. The average Bonchev–Trinajstić information content (AvgIpc) is 3.18. The fraction of sp³-hybridized carbons (Fsp3) is 0.300. The highest BCUT2D eigenvalue weighted by Gasteiger charge is 2.32. The number of rotatable bonds is 9. The summed E-state index contributed by atoms with van der Waals surface area (Å²) >= 11 is 12.3. The lowest BCUT2D eigenvalue weighted by Crippen LogP contribution is -2.32. The third-order valence-corrected chi connectivity index (χ3v) is 6.48. The molecule has 7 nitrogen and oxygen atoms in total. The molecule has 0 aliphatic carbocycles. The van der Waals surface area contributed by atoms with Crippen LogP contribution in [0.2, 0.25) is 10.0 Å². The van der Waals surface area contributed by atoms with Crippen molar-refractivity contribution in [3.63, 3.8) is 0 Å². The molecule has 0 fully saturated rings. The number of aromatic nitrogens is 3. The van der Waals surface area contributed by atoms with E-state index in [0.29, 0.717) is 15.6 Å². The number of aliphatic hydroxyl groups is 1. The molecule has 0 aliphatic rings. The molecule has 0 radical (unpaired) electrons. The minimum absolute atomic E-state index is 0.0824. The van der Waals surface area contributed by atoms with E-state index in [1.54, 1.807) is 30.3 Å². The summed E-state index contributed by atoms with van der Waals surface area (Å²) in [7, 11) is -3.88. The highest BCUT2D eigenvalue weighted by Crippen LogP contribution is 2.35. The molecule has 0 spiro atoms. The van der Waals surface area contributed by atoms with E-state index in [9.17, 15) is 13.5 Å². The molecule has 0 saturated carbocycles. The standard InChI is InChI=1S/C20H21Cl2N3O4S/c1-15-3-6-17(7-4-15)30(27,28)29-10-2-9-20(26,12-25-14-23-13-24-25)18-8-5-16(21)11-19(18)22/h3-8,11,13-14,26H,2,9-10,12H2,1H3. The molecule has 10 heteroatoms. The van der Waals surface area contributed by atoms with Crippen molar-refractivity contribution in [3.05, 3.63) is 76.3 Å². The van der Waals surface area contributed by atoms with Crippen LogP contribution < -0.4 is 0 Å². The molecule has 3 rings (SSSR count). The first-order chi connectivity index (χ1) is 14.2. The van der Waals surface area contributed by atoms with Crippen LogP contribution in [0.5, 0.6) is 0 Å². The van der Waals surface area contributed by atoms with E-state index in [1.165, 1.54) is 29.5 Å². The van der Waals surface area contributed by atoms with Crippen LogP contribution in [0.1, 0.15) is 24.0 Å². The van der Waals surface area contributed by atoms with E-state index in [-0.39, 0.29) is 30.9 Å². The molecule has 0 amide bonds. The quantitative estimate of drug-likeness (QED) is 0.376. The van der Waals surface area contributed by atoms with Gasteiger partial charge < -0.3 is 5.11 Å². The highest BCUT2D eigenvalue weighted by atomic mass is 35.5. The molecule has 2 aromatic carbocycles. The summed E-state index contributed by atoms with van der Waals surface area (Å²) in [6.45, 7) is 1.86. The summed E-state index contributed by atoms with van der Waals surface area (Å²) in [6, 6.07) is 11.2. The van der Waals surface area contributed by atoms with Gasteiger partial charge in [-0.2, -0.15) is 13.5 Å². The van der Waals surface area contributed by atoms with Gasteiger partial charge in [0.1, 0.15) is 18.3 Å². The van der Waals surface area contributed by atoms with Crippen LogP contribution in [0.4, 0.5) is 0 Å². The van der Waals surface area contributed by atoms with Gasteiger partial charge in [-0.1, -0.05) is 47.0 Å². The fourth-order valence-electron chi connectivity index (χ4n) is 3.05. The average molecular weight is 470 g/mol. The summed E-state index contributed by atoms with van der Waals surface area (Å²) in [5.41, 5.74) is -0.00997. The first-order valence-electron chi connectivity index (χ1n) is 9.16. The lowest BCUT2D eigenvalue weighted by molar-refractivity contribution is 0.00164. The van der Waals surface area contributed by atoms with Gasteiger partial charge in [-0.05, 0) is 44.0 Å². The molecule has 0 saturated heterocycles. The second kappa shape index (κ2) is 9.45. The van der Waals surface area contributed by atoms with Gasteiger partial charge in [-0.25, -0.2) is 9.67 Å². The van der Waals surface area contributed by atoms with Crippen molar-refractivity contribution in [3.8, 4) is 0 Å². The van der Waals surface area contributed by atoms with Gasteiger partial charge >= 0.3 is 0 Å². The predicted molar refractivity (Wildman–Crippen MR) is 114 cm³/mol. The minimum atomic E-state index is -3.88. The van der Waals surface area contributed by atoms with Crippen molar-refractivity contribution in [1.29, 1.82) is 0 Å². The van der Waals surface area contributed by atoms with Gasteiger partial charge in [0.2, 0.25) is 0 Å². The maximum Gasteiger partial charge on any atom is 0.296 e. The summed E-state index contributed by atoms with van der Waals surface area (Å²) in [6.07, 6.45) is 3.28. The Balaban J connectivity index is 1.71. The maximum atomic E-state index is 12.3. The molecule has 0 aliphatic heterocycles. The second-order valence-electron chi connectivity index (χ2n) is 6.94. The van der Waals surface area contributed by atoms with Crippen LogP contribution in [0, 0.1) is 6.92 Å². The molecule has 30 heavy (non-hydrogen) atoms. The van der Waals surface area contributed by atoms with Gasteiger partial charge in [-0.3, -0.25) is 4.18 Å². The van der Waals surface area contributed by atoms with Crippen LogP contribution in [-0.4, -0.2) is 34.9 Å². The topological polar surface area (TPSA) is 94.3 Å². The predicted octanol–water partition coefficient (Wildman–Crippen LogP) is 3.97. The number of aryl methyl sites for hydroxylation is 1. The molecule has 0 bridgehead atoms. The first kappa shape index (κ1) is 22.7. The smallest absolute Gasteiger partial charge is 0.296 e. The number of benzene rings is 2. The lowest BCUT2D eigenvalue weighted by Gasteiger charge is -2.29. The molecule has 1 aromatic heterocycles. The number of hydrogen-bond donors (Lipinski definition) is 1. The van der Waals surface area contributed by atoms with Crippen molar-refractivity contribution in [2.75, 3.05) is 6.61 Å². The SMILES string of the molecule is Cc1ccc(S(=O)(=O)OCCCC(O)(Cn2cncn2)c2ccc(Cl)cc2Cl)cc1. The number of hydrogen-bond acceptors (Lipinski definition) is 6. The van der Waals surface area contributed by atoms with Crippen molar-refractivity contribution in [2.24, 2.45) is 0 Å². The molecule has 160 valence electrons. The Kier molecular flexibility index (Phi) is 7.15. The zero-order valence-electron chi connectivity index (χ0n) is 16.2. The molecular weight excluding hydrogens is 449 g/mol. The summed E-state index contributed by atoms with van der Waals surface area (Å²) in [4.78, 5) is 3.98. The Labute approximate surface area is 185 Å². The fourth-order valence-corrected chi connectivity index (χ4v) is 4.58. The van der Waals surface area contributed by atoms with Crippen molar-refractivity contribution >= 4 is 33.3 Å². The van der Waals surface area contributed by atoms with Gasteiger partial charge in [0.05, 0.1) is 18.0 Å². The van der Waals surface area contributed by atoms with Crippen LogP contribution in [0.3, 0.4) is 0 Å². The third-order valence-electron chi connectivity index (χ3n) is 4.61. The Hall–Kier alpha value is -1.97. The Bertz CT molecular complexity index is 1090. The van der Waals surface area contributed by atoms with Gasteiger partial charge in [0.25, 0.3) is 10.1 Å². The van der Waals surface area contributed by atoms with Crippen LogP contribution in [-0.2, 0) is 26.4 Å². The molecule has 3 aromatic rings. The first-order valence-corrected chi connectivity index (χ1v) is 11.3. The van der Waals surface area contributed by atoms with E-state index in [1.807, 2.05) is 6.92 Å². The molecule has 1 N–H and O–H groups in total. The van der Waals surface area contributed by atoms with Crippen LogP contribution in [0.15, 0.2) is 60.0 Å². The summed E-state index contributed by atoms with van der Waals surface area (Å²) in [5, 5.41) is 16.2. The van der Waals surface area contributed by atoms with E-state index < -0.39 is 15.7 Å². The van der Waals surface area contributed by atoms with Gasteiger partial charge in [-0.15, -0.1) is 0 Å². The Morgan fingerprint density at radius 1 is 1.17 bits per heavy atom. The largest absolute Gasteiger partial charge is 0.383 e. The van der Waals surface area contributed by atoms with Crippen LogP contribution in [0.25, 0.3) is 0 Å². The van der Waals surface area contributed by atoms with E-state index in [2.05, 4.69) is 10.1 Å². The van der Waals surface area contributed by atoms with Crippen molar-refractivity contribution < 1.29 is 17.7 Å². The molecular formula is C20H21Cl2N3O4S. The third kappa shape index (κ3) is 5.59. The van der Waals surface area contributed by atoms with Gasteiger partial charge in [0, 0.05) is 15.6 Å². The minimum Gasteiger partial charge on any atom is -0.383 e. The van der Waals surface area contributed by atoms with Crippen molar-refractivity contribution in [1.82, 2.24) is 14.8 Å². The molecule has 1 atom stereocenters.